The Bertz CT molecular complexity index is 348. The molecule has 6 heteroatoms. The van der Waals surface area contributed by atoms with Crippen molar-refractivity contribution in [3.05, 3.63) is 0 Å². The van der Waals surface area contributed by atoms with E-state index in [0.29, 0.717) is 5.06 Å². The second-order valence-electron chi connectivity index (χ2n) is 6.67. The fourth-order valence-corrected chi connectivity index (χ4v) is 1.59. The molecule has 20 heavy (non-hydrogen) atoms. The van der Waals surface area contributed by atoms with Crippen LogP contribution in [0.1, 0.15) is 48.5 Å². The largest absolute Gasteiger partial charge is 0.458 e. The van der Waals surface area contributed by atoms with Crippen LogP contribution < -0.4 is 5.73 Å². The first-order valence-electron chi connectivity index (χ1n) is 6.89. The van der Waals surface area contributed by atoms with Gasteiger partial charge in [-0.2, -0.15) is 0 Å². The minimum absolute atomic E-state index is 0.136. The van der Waals surface area contributed by atoms with Crippen molar-refractivity contribution in [2.45, 2.75) is 66.2 Å². The average Bonchev–Trinajstić information content (AvgIpc) is 2.23. The molecule has 0 aliphatic heterocycles. The minimum Gasteiger partial charge on any atom is -0.458 e. The highest BCUT2D eigenvalue weighted by Crippen LogP contribution is 2.17. The first-order valence-corrected chi connectivity index (χ1v) is 6.89. The van der Waals surface area contributed by atoms with Gasteiger partial charge in [-0.15, -0.1) is 0 Å². The van der Waals surface area contributed by atoms with Gasteiger partial charge in [0.25, 0.3) is 5.91 Å². The Hall–Kier alpha value is -1.14. The van der Waals surface area contributed by atoms with E-state index in [9.17, 15) is 14.8 Å². The van der Waals surface area contributed by atoms with E-state index < -0.39 is 29.6 Å². The van der Waals surface area contributed by atoms with Crippen molar-refractivity contribution in [1.82, 2.24) is 5.06 Å². The number of nitrogens with zero attached hydrogens (tertiary/aromatic N) is 1. The molecule has 2 atom stereocenters. The Morgan fingerprint density at radius 2 is 1.55 bits per heavy atom. The Kier molecular flexibility index (Phi) is 6.64. The van der Waals surface area contributed by atoms with Gasteiger partial charge in [0.2, 0.25) is 0 Å². The molecule has 0 aliphatic rings. The summed E-state index contributed by atoms with van der Waals surface area (Å²) < 4.78 is 5.24. The van der Waals surface area contributed by atoms with Crippen LogP contribution in [0.15, 0.2) is 0 Å². The molecule has 1 amide bonds. The van der Waals surface area contributed by atoms with Crippen molar-refractivity contribution in [3.63, 3.8) is 0 Å². The molecule has 0 spiro atoms. The van der Waals surface area contributed by atoms with Gasteiger partial charge in [-0.3, -0.25) is 10.0 Å². The van der Waals surface area contributed by atoms with Gasteiger partial charge in [0.15, 0.2) is 6.04 Å². The molecule has 0 aromatic heterocycles. The molecule has 0 saturated carbocycles. The molecule has 0 radical (unpaired) electrons. The maximum Gasteiger partial charge on any atom is 0.332 e. The number of hydrogen-bond donors (Lipinski definition) is 2. The lowest BCUT2D eigenvalue weighted by Crippen LogP contribution is -2.54. The summed E-state index contributed by atoms with van der Waals surface area (Å²) in [5, 5.41) is 10.5. The summed E-state index contributed by atoms with van der Waals surface area (Å²) in [7, 11) is 0. The summed E-state index contributed by atoms with van der Waals surface area (Å²) in [6.45, 7) is 12.2. The third kappa shape index (κ3) is 5.46. The predicted octanol–water partition coefficient (Wildman–Crippen LogP) is 1.55. The molecule has 0 aromatic rings. The van der Waals surface area contributed by atoms with E-state index in [2.05, 4.69) is 0 Å². The smallest absolute Gasteiger partial charge is 0.332 e. The Morgan fingerprint density at radius 3 is 1.85 bits per heavy atom. The van der Waals surface area contributed by atoms with E-state index >= 15 is 0 Å². The minimum atomic E-state index is -1.06. The molecule has 0 bridgehead atoms. The molecular formula is C14H28N2O4. The zero-order chi connectivity index (χ0) is 16.2. The van der Waals surface area contributed by atoms with Crippen LogP contribution in [0.4, 0.5) is 0 Å². The highest BCUT2D eigenvalue weighted by atomic mass is 16.6. The van der Waals surface area contributed by atoms with E-state index in [1.807, 2.05) is 0 Å². The number of rotatable bonds is 5. The van der Waals surface area contributed by atoms with Crippen molar-refractivity contribution >= 4 is 11.9 Å². The maximum atomic E-state index is 12.1. The third-order valence-electron chi connectivity index (χ3n) is 2.77. The fraction of sp³-hybridized carbons (Fsp3) is 0.857. The van der Waals surface area contributed by atoms with Crippen molar-refractivity contribution in [2.24, 2.45) is 17.6 Å². The van der Waals surface area contributed by atoms with E-state index in [-0.39, 0.29) is 11.8 Å². The van der Waals surface area contributed by atoms with E-state index in [1.54, 1.807) is 48.5 Å². The van der Waals surface area contributed by atoms with Crippen LogP contribution in [0.2, 0.25) is 0 Å². The average molecular weight is 288 g/mol. The van der Waals surface area contributed by atoms with Crippen LogP contribution >= 0.6 is 0 Å². The molecule has 0 aromatic carbocycles. The summed E-state index contributed by atoms with van der Waals surface area (Å²) in [6.07, 6.45) is 0. The number of nitrogens with two attached hydrogens (primary N) is 1. The first kappa shape index (κ1) is 18.9. The van der Waals surface area contributed by atoms with E-state index in [1.165, 1.54) is 0 Å². The monoisotopic (exact) mass is 288 g/mol. The molecule has 0 rings (SSSR count). The highest BCUT2D eigenvalue weighted by molar-refractivity contribution is 5.86. The summed E-state index contributed by atoms with van der Waals surface area (Å²) in [5.74, 6) is -1.74. The maximum absolute atomic E-state index is 12.1. The molecular weight excluding hydrogens is 260 g/mol. The molecule has 0 saturated heterocycles. The summed E-state index contributed by atoms with van der Waals surface area (Å²) in [6, 6.07) is -1.92. The Morgan fingerprint density at radius 1 is 1.10 bits per heavy atom. The van der Waals surface area contributed by atoms with Crippen LogP contribution in [-0.2, 0) is 14.3 Å². The normalized spacial score (nSPS) is 15.2. The topological polar surface area (TPSA) is 92.9 Å². The number of esters is 1. The lowest BCUT2D eigenvalue weighted by atomic mass is 10.0. The predicted molar refractivity (Wildman–Crippen MR) is 75.9 cm³/mol. The lowest BCUT2D eigenvalue weighted by molar-refractivity contribution is -0.199. The summed E-state index contributed by atoms with van der Waals surface area (Å²) in [5.41, 5.74) is 5.04. The SMILES string of the molecule is CC(C)C(C(=O)OC(C)(C)C)N(O)C(=O)[C@@H](N)C(C)C. The zero-order valence-corrected chi connectivity index (χ0v) is 13.5. The third-order valence-corrected chi connectivity index (χ3v) is 2.77. The first-order chi connectivity index (χ1) is 8.88. The van der Waals surface area contributed by atoms with Crippen molar-refractivity contribution in [2.75, 3.05) is 0 Å². The lowest BCUT2D eigenvalue weighted by Gasteiger charge is -2.32. The molecule has 0 fully saturated rings. The van der Waals surface area contributed by atoms with Crippen LogP contribution in [0.5, 0.6) is 0 Å². The summed E-state index contributed by atoms with van der Waals surface area (Å²) >= 11 is 0. The van der Waals surface area contributed by atoms with Gasteiger partial charge >= 0.3 is 5.97 Å². The van der Waals surface area contributed by atoms with Crippen LogP contribution in [0.25, 0.3) is 0 Å². The highest BCUT2D eigenvalue weighted by Gasteiger charge is 2.37. The van der Waals surface area contributed by atoms with Gasteiger partial charge in [0.1, 0.15) is 5.60 Å². The molecule has 0 heterocycles. The number of hydroxylamine groups is 2. The summed E-state index contributed by atoms with van der Waals surface area (Å²) in [4.78, 5) is 24.2. The number of carbonyl (C=O) groups is 2. The second kappa shape index (κ2) is 7.04. The quantitative estimate of drug-likeness (QED) is 0.455. The zero-order valence-electron chi connectivity index (χ0n) is 13.5. The van der Waals surface area contributed by atoms with Gasteiger partial charge < -0.3 is 10.5 Å². The Labute approximate surface area is 121 Å². The van der Waals surface area contributed by atoms with Gasteiger partial charge in [0.05, 0.1) is 6.04 Å². The molecule has 6 nitrogen and oxygen atoms in total. The second-order valence-corrected chi connectivity index (χ2v) is 6.67. The molecule has 118 valence electrons. The number of ether oxygens (including phenoxy) is 1. The number of carbonyl (C=O) groups excluding carboxylic acids is 2. The van der Waals surface area contributed by atoms with Gasteiger partial charge in [-0.05, 0) is 32.6 Å². The number of hydrogen-bond acceptors (Lipinski definition) is 5. The van der Waals surface area contributed by atoms with Gasteiger partial charge in [0, 0.05) is 0 Å². The van der Waals surface area contributed by atoms with Gasteiger partial charge in [-0.25, -0.2) is 9.86 Å². The van der Waals surface area contributed by atoms with Crippen LogP contribution in [-0.4, -0.2) is 39.8 Å². The van der Waals surface area contributed by atoms with E-state index in [0.717, 1.165) is 0 Å². The van der Waals surface area contributed by atoms with Crippen molar-refractivity contribution < 1.29 is 19.5 Å². The van der Waals surface area contributed by atoms with Crippen molar-refractivity contribution in [1.29, 1.82) is 0 Å². The van der Waals surface area contributed by atoms with E-state index in [4.69, 9.17) is 10.5 Å². The molecule has 1 unspecified atom stereocenters. The van der Waals surface area contributed by atoms with Crippen molar-refractivity contribution in [3.8, 4) is 0 Å². The number of amides is 1. The van der Waals surface area contributed by atoms with Gasteiger partial charge in [-0.1, -0.05) is 27.7 Å². The molecule has 0 aliphatic carbocycles. The Balaban J connectivity index is 5.10. The standard InChI is InChI=1S/C14H28N2O4/c1-8(2)10(15)12(17)16(19)11(9(3)4)13(18)20-14(5,6)7/h8-11,19H,15H2,1-7H3/t10-,11?/m0/s1. The van der Waals surface area contributed by atoms with Crippen LogP contribution in [0.3, 0.4) is 0 Å². The van der Waals surface area contributed by atoms with Crippen LogP contribution in [0, 0.1) is 11.8 Å². The fourth-order valence-electron chi connectivity index (χ4n) is 1.59. The molecule has 3 N–H and O–H groups in total.